The van der Waals surface area contributed by atoms with Gasteiger partial charge in [-0.15, -0.1) is 0 Å². The number of carbonyl (C=O) groups excluding carboxylic acids is 2. The van der Waals surface area contributed by atoms with Crippen molar-refractivity contribution in [1.29, 1.82) is 0 Å². The Hall–Kier alpha value is -3.00. The van der Waals surface area contributed by atoms with Gasteiger partial charge in [0, 0.05) is 30.7 Å². The van der Waals surface area contributed by atoms with Crippen molar-refractivity contribution in [2.24, 2.45) is 0 Å². The van der Waals surface area contributed by atoms with E-state index in [2.05, 4.69) is 29.6 Å². The van der Waals surface area contributed by atoms with E-state index in [0.29, 0.717) is 18.7 Å². The molecule has 2 amide bonds. The van der Waals surface area contributed by atoms with Crippen LogP contribution in [-0.2, 0) is 14.3 Å². The highest BCUT2D eigenvalue weighted by atomic mass is 32.2. The largest absolute Gasteiger partial charge is 0.480 e. The Bertz CT molecular complexity index is 951. The lowest BCUT2D eigenvalue weighted by Crippen LogP contribution is -2.43. The number of fused-ring (bicyclic) bond motifs is 3. The zero-order chi connectivity index (χ0) is 23.8. The van der Waals surface area contributed by atoms with E-state index in [1.165, 1.54) is 4.90 Å². The lowest BCUT2D eigenvalue weighted by atomic mass is 9.98. The summed E-state index contributed by atoms with van der Waals surface area (Å²) in [4.78, 5) is 37.6. The molecule has 1 aliphatic rings. The van der Waals surface area contributed by atoms with Crippen LogP contribution in [0.4, 0.5) is 4.79 Å². The molecule has 0 aliphatic heterocycles. The monoisotopic (exact) mass is 470 g/mol. The van der Waals surface area contributed by atoms with E-state index in [0.717, 1.165) is 22.3 Å². The van der Waals surface area contributed by atoms with E-state index < -0.39 is 18.1 Å². The third kappa shape index (κ3) is 6.28. The molecule has 8 heteroatoms. The molecule has 2 aromatic carbocycles. The number of aliphatic carboxylic acids is 1. The molecule has 0 unspecified atom stereocenters. The van der Waals surface area contributed by atoms with Crippen LogP contribution in [0.5, 0.6) is 0 Å². The van der Waals surface area contributed by atoms with Gasteiger partial charge in [0.05, 0.1) is 0 Å². The van der Waals surface area contributed by atoms with Crippen LogP contribution in [0, 0.1) is 0 Å². The number of carboxylic acids is 1. The molecule has 0 radical (unpaired) electrons. The molecule has 0 saturated carbocycles. The number of benzene rings is 2. The minimum Gasteiger partial charge on any atom is -0.480 e. The number of amides is 2. The Labute approximate surface area is 198 Å². The molecule has 0 spiro atoms. The van der Waals surface area contributed by atoms with Gasteiger partial charge in [0.1, 0.15) is 13.2 Å². The van der Waals surface area contributed by atoms with Gasteiger partial charge in [0.2, 0.25) is 5.91 Å². The van der Waals surface area contributed by atoms with Crippen LogP contribution in [0.25, 0.3) is 11.1 Å². The first-order chi connectivity index (χ1) is 15.9. The van der Waals surface area contributed by atoms with Gasteiger partial charge in [-0.05, 0) is 34.9 Å². The maximum absolute atomic E-state index is 12.6. The van der Waals surface area contributed by atoms with Gasteiger partial charge in [-0.1, -0.05) is 55.5 Å². The average Bonchev–Trinajstić information content (AvgIpc) is 3.13. The van der Waals surface area contributed by atoms with Crippen LogP contribution in [0.2, 0.25) is 0 Å². The maximum Gasteiger partial charge on any atom is 0.407 e. The van der Waals surface area contributed by atoms with E-state index in [1.807, 2.05) is 37.4 Å². The van der Waals surface area contributed by atoms with E-state index >= 15 is 0 Å². The quantitative estimate of drug-likeness (QED) is 0.516. The van der Waals surface area contributed by atoms with Crippen molar-refractivity contribution in [1.82, 2.24) is 10.2 Å². The molecule has 0 aromatic heterocycles. The molecule has 1 atom stereocenters. The number of alkyl carbamates (subject to hydrolysis) is 1. The number of ether oxygens (including phenoxy) is 1. The van der Waals surface area contributed by atoms with Crippen LogP contribution < -0.4 is 5.32 Å². The predicted molar refractivity (Wildman–Crippen MR) is 129 cm³/mol. The molecule has 3 rings (SSSR count). The second-order valence-electron chi connectivity index (χ2n) is 7.98. The Balaban J connectivity index is 1.58. The van der Waals surface area contributed by atoms with Gasteiger partial charge in [-0.2, -0.15) is 11.8 Å². The van der Waals surface area contributed by atoms with Crippen molar-refractivity contribution >= 4 is 29.7 Å². The summed E-state index contributed by atoms with van der Waals surface area (Å²) in [6.45, 7) is 2.07. The van der Waals surface area contributed by atoms with E-state index in [-0.39, 0.29) is 31.4 Å². The third-order valence-corrected chi connectivity index (χ3v) is 6.41. The fourth-order valence-corrected chi connectivity index (χ4v) is 4.50. The van der Waals surface area contributed by atoms with E-state index in [9.17, 15) is 14.4 Å². The molecular weight excluding hydrogens is 440 g/mol. The zero-order valence-corrected chi connectivity index (χ0v) is 19.8. The number of carboxylic acid groups (broad SMARTS) is 1. The standard InChI is InChI=1S/C25H30N2O5S/c1-3-17(14-23(28)27(12-13-33-2)15-24(29)30)26-25(31)32-16-22-20-10-6-4-8-18(20)19-9-5-7-11-21(19)22/h4-11,17,22H,3,12-16H2,1-2H3,(H,26,31)(H,29,30)/t17-/m0/s1. The number of carbonyl (C=O) groups is 3. The minimum absolute atomic E-state index is 0.0301. The fourth-order valence-electron chi connectivity index (χ4n) is 4.10. The number of nitrogens with zero attached hydrogens (tertiary/aromatic N) is 1. The molecule has 2 N–H and O–H groups in total. The predicted octanol–water partition coefficient (Wildman–Crippen LogP) is 3.97. The number of hydrogen-bond acceptors (Lipinski definition) is 5. The van der Waals surface area contributed by atoms with Crippen molar-refractivity contribution in [2.75, 3.05) is 31.7 Å². The molecule has 0 fully saturated rings. The van der Waals surface area contributed by atoms with Crippen molar-refractivity contribution < 1.29 is 24.2 Å². The first kappa shape index (κ1) is 24.6. The smallest absolute Gasteiger partial charge is 0.407 e. The number of nitrogens with one attached hydrogen (secondary N) is 1. The molecule has 7 nitrogen and oxygen atoms in total. The summed E-state index contributed by atoms with van der Waals surface area (Å²) in [7, 11) is 0. The molecule has 0 heterocycles. The highest BCUT2D eigenvalue weighted by molar-refractivity contribution is 7.98. The van der Waals surface area contributed by atoms with Crippen molar-refractivity contribution in [2.45, 2.75) is 31.7 Å². The molecule has 33 heavy (non-hydrogen) atoms. The Morgan fingerprint density at radius 1 is 1.09 bits per heavy atom. The number of hydrogen-bond donors (Lipinski definition) is 2. The number of rotatable bonds is 11. The van der Waals surface area contributed by atoms with Gasteiger partial charge >= 0.3 is 12.1 Å². The highest BCUT2D eigenvalue weighted by Gasteiger charge is 2.29. The zero-order valence-electron chi connectivity index (χ0n) is 19.0. The second-order valence-corrected chi connectivity index (χ2v) is 8.97. The van der Waals surface area contributed by atoms with Crippen LogP contribution in [0.15, 0.2) is 48.5 Å². The molecule has 0 bridgehead atoms. The summed E-state index contributed by atoms with van der Waals surface area (Å²) in [6.07, 6.45) is 1.88. The van der Waals surface area contributed by atoms with Crippen molar-refractivity contribution in [3.63, 3.8) is 0 Å². The first-order valence-electron chi connectivity index (χ1n) is 11.0. The average molecular weight is 471 g/mol. The van der Waals surface area contributed by atoms with Crippen LogP contribution in [-0.4, -0.2) is 65.7 Å². The topological polar surface area (TPSA) is 95.9 Å². The summed E-state index contributed by atoms with van der Waals surface area (Å²) >= 11 is 1.54. The summed E-state index contributed by atoms with van der Waals surface area (Å²) in [5.74, 6) is -0.739. The lowest BCUT2D eigenvalue weighted by molar-refractivity contribution is -0.144. The minimum atomic E-state index is -1.05. The van der Waals surface area contributed by atoms with Gasteiger partial charge in [0.25, 0.3) is 0 Å². The third-order valence-electron chi connectivity index (χ3n) is 5.82. The highest BCUT2D eigenvalue weighted by Crippen LogP contribution is 2.44. The van der Waals surface area contributed by atoms with Crippen molar-refractivity contribution in [3.8, 4) is 11.1 Å². The Kier molecular flexibility index (Phi) is 8.77. The van der Waals surface area contributed by atoms with Gasteiger partial charge in [-0.3, -0.25) is 9.59 Å². The summed E-state index contributed by atoms with van der Waals surface area (Å²) in [5, 5.41) is 11.9. The van der Waals surface area contributed by atoms with Gasteiger partial charge in [-0.25, -0.2) is 4.79 Å². The van der Waals surface area contributed by atoms with Crippen molar-refractivity contribution in [3.05, 3.63) is 59.7 Å². The maximum atomic E-state index is 12.6. The normalized spacial score (nSPS) is 13.0. The van der Waals surface area contributed by atoms with Crippen LogP contribution >= 0.6 is 11.8 Å². The summed E-state index contributed by atoms with van der Waals surface area (Å²) in [6, 6.07) is 15.8. The fraction of sp³-hybridized carbons (Fsp3) is 0.400. The molecule has 1 aliphatic carbocycles. The molecule has 2 aromatic rings. The van der Waals surface area contributed by atoms with E-state index in [1.54, 1.807) is 11.8 Å². The molecule has 0 saturated heterocycles. The molecule has 176 valence electrons. The Morgan fingerprint density at radius 2 is 1.70 bits per heavy atom. The van der Waals surface area contributed by atoms with Crippen LogP contribution in [0.3, 0.4) is 0 Å². The number of thioether (sulfide) groups is 1. The Morgan fingerprint density at radius 3 is 2.24 bits per heavy atom. The van der Waals surface area contributed by atoms with Crippen LogP contribution in [0.1, 0.15) is 36.8 Å². The second kappa shape index (κ2) is 11.7. The lowest BCUT2D eigenvalue weighted by Gasteiger charge is -2.24. The summed E-state index contributed by atoms with van der Waals surface area (Å²) < 4.78 is 5.57. The van der Waals surface area contributed by atoms with E-state index in [4.69, 9.17) is 9.84 Å². The SMILES string of the molecule is CC[C@@H](CC(=O)N(CCSC)CC(=O)O)NC(=O)OCC1c2ccccc2-c2ccccc21. The molecular formula is C25H30N2O5S. The van der Waals surface area contributed by atoms with Gasteiger partial charge < -0.3 is 20.1 Å². The van der Waals surface area contributed by atoms with Gasteiger partial charge in [0.15, 0.2) is 0 Å². The summed E-state index contributed by atoms with van der Waals surface area (Å²) in [5.41, 5.74) is 4.57. The first-order valence-corrected chi connectivity index (χ1v) is 12.4.